The average molecular weight is 528 g/mol. The first-order valence-corrected chi connectivity index (χ1v) is 10.5. The summed E-state index contributed by atoms with van der Waals surface area (Å²) in [5.41, 5.74) is 3.82. The molecular formula is C22H14Cl2F3N3O5. The van der Waals surface area contributed by atoms with Gasteiger partial charge in [0.15, 0.2) is 6.61 Å². The molecule has 0 aliphatic heterocycles. The van der Waals surface area contributed by atoms with E-state index in [-0.39, 0.29) is 27.9 Å². The smallest absolute Gasteiger partial charge is 0.422 e. The van der Waals surface area contributed by atoms with Gasteiger partial charge in [-0.05, 0) is 30.3 Å². The summed E-state index contributed by atoms with van der Waals surface area (Å²) >= 11 is 12.1. The molecule has 13 heteroatoms. The highest BCUT2D eigenvalue weighted by Gasteiger charge is 2.29. The zero-order valence-electron chi connectivity index (χ0n) is 17.4. The van der Waals surface area contributed by atoms with Gasteiger partial charge in [-0.1, -0.05) is 29.3 Å². The predicted molar refractivity (Wildman–Crippen MR) is 121 cm³/mol. The number of nitrogens with one attached hydrogen (secondary N) is 2. The third-order valence-corrected chi connectivity index (χ3v) is 5.34. The number of halogens is 5. The van der Waals surface area contributed by atoms with Crippen LogP contribution in [0.2, 0.25) is 10.0 Å². The Bertz CT molecular complexity index is 1400. The van der Waals surface area contributed by atoms with Crippen LogP contribution in [0.3, 0.4) is 0 Å². The Morgan fingerprint density at radius 2 is 1.80 bits per heavy atom. The lowest BCUT2D eigenvalue weighted by molar-refractivity contribution is -0.159. The van der Waals surface area contributed by atoms with E-state index in [1.807, 2.05) is 0 Å². The van der Waals surface area contributed by atoms with E-state index in [4.69, 9.17) is 32.5 Å². The van der Waals surface area contributed by atoms with Crippen molar-refractivity contribution in [2.24, 2.45) is 0 Å². The molecule has 2 aromatic heterocycles. The predicted octanol–water partition coefficient (Wildman–Crippen LogP) is 6.26. The number of carbonyl (C=O) groups excluding carboxylic acids is 2. The number of pyridine rings is 1. The first-order valence-electron chi connectivity index (χ1n) is 9.78. The Morgan fingerprint density at radius 3 is 2.51 bits per heavy atom. The van der Waals surface area contributed by atoms with Crippen molar-refractivity contribution in [1.82, 2.24) is 10.5 Å². The molecule has 4 rings (SSSR count). The number of anilines is 1. The summed E-state index contributed by atoms with van der Waals surface area (Å²) in [5.74, 6) is -0.609. The molecule has 0 radical (unpaired) electrons. The number of ether oxygens (including phenoxy) is 1. The molecule has 0 aliphatic rings. The highest BCUT2D eigenvalue weighted by Crippen LogP contribution is 2.33. The van der Waals surface area contributed by atoms with Crippen LogP contribution in [0, 0.1) is 0 Å². The van der Waals surface area contributed by atoms with Gasteiger partial charge in [-0.25, -0.2) is 10.3 Å². The van der Waals surface area contributed by atoms with E-state index in [2.05, 4.69) is 20.5 Å². The van der Waals surface area contributed by atoms with Gasteiger partial charge < -0.3 is 9.15 Å². The van der Waals surface area contributed by atoms with Gasteiger partial charge in [0, 0.05) is 34.4 Å². The average Bonchev–Trinajstić information content (AvgIpc) is 3.17. The second-order valence-electron chi connectivity index (χ2n) is 7.11. The van der Waals surface area contributed by atoms with E-state index in [0.29, 0.717) is 27.5 Å². The molecule has 0 saturated carbocycles. The van der Waals surface area contributed by atoms with Gasteiger partial charge in [-0.15, -0.1) is 0 Å². The van der Waals surface area contributed by atoms with Crippen molar-refractivity contribution in [1.29, 1.82) is 0 Å². The molecule has 4 aromatic rings. The molecule has 0 spiro atoms. The van der Waals surface area contributed by atoms with Crippen molar-refractivity contribution in [3.8, 4) is 0 Å². The third-order valence-electron chi connectivity index (χ3n) is 4.69. The minimum absolute atomic E-state index is 0.123. The number of amides is 2. The molecule has 2 amide bonds. The van der Waals surface area contributed by atoms with Crippen LogP contribution in [-0.4, -0.2) is 29.8 Å². The number of hydrogen-bond acceptors (Lipinski definition) is 6. The largest absolute Gasteiger partial charge is 0.456 e. The summed E-state index contributed by atoms with van der Waals surface area (Å²) in [5, 5.41) is 3.58. The van der Waals surface area contributed by atoms with Gasteiger partial charge in [0.05, 0.1) is 15.6 Å². The van der Waals surface area contributed by atoms with Gasteiger partial charge in [0.1, 0.15) is 17.8 Å². The van der Waals surface area contributed by atoms with E-state index < -0.39 is 24.8 Å². The Labute approximate surface area is 204 Å². The number of aromatic nitrogens is 1. The minimum Gasteiger partial charge on any atom is -0.456 e. The van der Waals surface area contributed by atoms with Crippen molar-refractivity contribution >= 4 is 62.8 Å². The summed E-state index contributed by atoms with van der Waals surface area (Å²) in [6.45, 7) is -1.85. The van der Waals surface area contributed by atoms with Crippen LogP contribution >= 0.6 is 23.2 Å². The van der Waals surface area contributed by atoms with E-state index in [1.165, 1.54) is 36.7 Å². The molecule has 0 aliphatic carbocycles. The summed E-state index contributed by atoms with van der Waals surface area (Å²) in [6, 6.07) is 9.13. The lowest BCUT2D eigenvalue weighted by Crippen LogP contribution is -2.24. The van der Waals surface area contributed by atoms with E-state index >= 15 is 0 Å². The molecule has 8 nitrogen and oxygen atoms in total. The molecular weight excluding hydrogens is 514 g/mol. The van der Waals surface area contributed by atoms with Gasteiger partial charge in [-0.3, -0.25) is 19.9 Å². The fourth-order valence-corrected chi connectivity index (χ4v) is 3.67. The minimum atomic E-state index is -4.65. The number of rotatable bonds is 6. The second-order valence-corrected chi connectivity index (χ2v) is 7.92. The van der Waals surface area contributed by atoms with Crippen molar-refractivity contribution < 1.29 is 36.8 Å². The number of hydrogen-bond donors (Lipinski definition) is 2. The SMILES string of the molecule is O=C(Nc1ccc2oc3cccc(C(=O)NOCc4c(Cl)cncc4Cl)c3c2c1)OCC(F)(F)F. The normalized spacial score (nSPS) is 11.6. The zero-order valence-corrected chi connectivity index (χ0v) is 18.9. The van der Waals surface area contributed by atoms with Crippen LogP contribution in [0.15, 0.2) is 53.2 Å². The quantitative estimate of drug-likeness (QED) is 0.287. The van der Waals surface area contributed by atoms with Crippen molar-refractivity contribution in [3.05, 3.63) is 70.0 Å². The summed E-state index contributed by atoms with van der Waals surface area (Å²) < 4.78 is 46.7. The maximum Gasteiger partial charge on any atom is 0.422 e. The van der Waals surface area contributed by atoms with Gasteiger partial charge in [-0.2, -0.15) is 13.2 Å². The molecule has 2 heterocycles. The van der Waals surface area contributed by atoms with Crippen LogP contribution in [0.5, 0.6) is 0 Å². The van der Waals surface area contributed by atoms with Crippen LogP contribution in [0.4, 0.5) is 23.7 Å². The summed E-state index contributed by atoms with van der Waals surface area (Å²) in [4.78, 5) is 33.7. The van der Waals surface area contributed by atoms with E-state index in [9.17, 15) is 22.8 Å². The van der Waals surface area contributed by atoms with Gasteiger partial charge in [0.25, 0.3) is 5.91 Å². The highest BCUT2D eigenvalue weighted by atomic mass is 35.5. The highest BCUT2D eigenvalue weighted by molar-refractivity contribution is 6.35. The fraction of sp³-hybridized carbons (Fsp3) is 0.136. The molecule has 0 fully saturated rings. The molecule has 0 unspecified atom stereocenters. The maximum absolute atomic E-state index is 12.8. The van der Waals surface area contributed by atoms with Crippen LogP contribution < -0.4 is 10.8 Å². The Balaban J connectivity index is 1.55. The lowest BCUT2D eigenvalue weighted by atomic mass is 10.1. The van der Waals surface area contributed by atoms with Crippen molar-refractivity contribution in [2.75, 3.05) is 11.9 Å². The Kier molecular flexibility index (Phi) is 7.01. The number of carbonyl (C=O) groups is 2. The van der Waals surface area contributed by atoms with Crippen LogP contribution in [0.25, 0.3) is 21.9 Å². The number of benzene rings is 2. The first kappa shape index (κ1) is 24.6. The maximum atomic E-state index is 12.8. The second kappa shape index (κ2) is 9.98. The topological polar surface area (TPSA) is 103 Å². The molecule has 35 heavy (non-hydrogen) atoms. The number of fused-ring (bicyclic) bond motifs is 3. The van der Waals surface area contributed by atoms with Crippen LogP contribution in [0.1, 0.15) is 15.9 Å². The molecule has 2 N–H and O–H groups in total. The number of alkyl halides is 3. The third kappa shape index (κ3) is 5.76. The molecule has 0 atom stereocenters. The van der Waals surface area contributed by atoms with Crippen LogP contribution in [-0.2, 0) is 16.2 Å². The van der Waals surface area contributed by atoms with Crippen molar-refractivity contribution in [2.45, 2.75) is 12.8 Å². The summed E-state index contributed by atoms with van der Waals surface area (Å²) in [7, 11) is 0. The Morgan fingerprint density at radius 1 is 1.06 bits per heavy atom. The van der Waals surface area contributed by atoms with Crippen molar-refractivity contribution in [3.63, 3.8) is 0 Å². The standard InChI is InChI=1S/C22H14Cl2F3N3O5/c23-15-7-28-8-16(24)14(15)9-34-30-20(31)12-2-1-3-18-19(12)13-6-11(4-5-17(13)35-18)29-21(32)33-10-22(25,26)27/h1-8H,9-10H2,(H,29,32)(H,30,31). The number of hydroxylamine groups is 1. The molecule has 0 saturated heterocycles. The zero-order chi connectivity index (χ0) is 25.2. The van der Waals surface area contributed by atoms with Gasteiger partial charge in [0.2, 0.25) is 0 Å². The monoisotopic (exact) mass is 527 g/mol. The lowest BCUT2D eigenvalue weighted by Gasteiger charge is -2.10. The van der Waals surface area contributed by atoms with E-state index in [1.54, 1.807) is 12.1 Å². The van der Waals surface area contributed by atoms with E-state index in [0.717, 1.165) is 0 Å². The fourth-order valence-electron chi connectivity index (χ4n) is 3.20. The number of nitrogens with zero attached hydrogens (tertiary/aromatic N) is 1. The first-order chi connectivity index (χ1) is 16.6. The Hall–Kier alpha value is -3.54. The molecule has 0 bridgehead atoms. The molecule has 2 aromatic carbocycles. The van der Waals surface area contributed by atoms with Gasteiger partial charge >= 0.3 is 12.3 Å². The molecule has 182 valence electrons. The summed E-state index contributed by atoms with van der Waals surface area (Å²) in [6.07, 6.45) is -3.16. The number of furan rings is 1.